The Labute approximate surface area is 244 Å². The van der Waals surface area contributed by atoms with Crippen molar-refractivity contribution in [3.05, 3.63) is 101 Å². The molecule has 4 rings (SSSR count). The molecule has 0 aliphatic heterocycles. The fourth-order valence-corrected chi connectivity index (χ4v) is 4.80. The number of rotatable bonds is 13. The highest BCUT2D eigenvalue weighted by atomic mass is 32.2. The monoisotopic (exact) mass is 571 g/mol. The van der Waals surface area contributed by atoms with Crippen molar-refractivity contribution in [2.45, 2.75) is 24.3 Å². The first-order valence-electron chi connectivity index (χ1n) is 13.0. The van der Waals surface area contributed by atoms with Crippen molar-refractivity contribution in [3.8, 4) is 22.8 Å². The van der Waals surface area contributed by atoms with Crippen molar-refractivity contribution in [3.63, 3.8) is 0 Å². The van der Waals surface area contributed by atoms with E-state index in [1.807, 2.05) is 60.7 Å². The third-order valence-corrected chi connectivity index (χ3v) is 7.22. The number of ether oxygens (including phenoxy) is 2. The lowest BCUT2D eigenvalue weighted by Gasteiger charge is -2.17. The average molecular weight is 572 g/mol. The van der Waals surface area contributed by atoms with Crippen LogP contribution in [-0.4, -0.2) is 38.2 Å². The van der Waals surface area contributed by atoms with Gasteiger partial charge in [0.05, 0.1) is 19.1 Å². The van der Waals surface area contributed by atoms with Crippen LogP contribution in [0.2, 0.25) is 0 Å². The number of amides is 1. The molecule has 10 heteroatoms. The van der Waals surface area contributed by atoms with Crippen molar-refractivity contribution in [2.75, 3.05) is 37.3 Å². The molecule has 0 atom stereocenters. The summed E-state index contributed by atoms with van der Waals surface area (Å²) in [5.41, 5.74) is 4.16. The number of methoxy groups -OCH3 is 2. The highest BCUT2D eigenvalue weighted by Gasteiger charge is 2.21. The maximum atomic E-state index is 12.3. The second kappa shape index (κ2) is 13.7. The number of nitrogens with zero attached hydrogens (tertiary/aromatic N) is 2. The van der Waals surface area contributed by atoms with Gasteiger partial charge in [-0.15, -0.1) is 4.91 Å². The number of carbonyl (C=O) groups excluding carboxylic acids is 1. The molecule has 3 aromatic carbocycles. The van der Waals surface area contributed by atoms with Crippen LogP contribution >= 0.6 is 11.9 Å². The smallest absolute Gasteiger partial charge is 0.270 e. The number of hydrogen-bond donors (Lipinski definition) is 3. The molecule has 0 fully saturated rings. The van der Waals surface area contributed by atoms with Crippen LogP contribution in [0.15, 0.2) is 95.0 Å². The highest BCUT2D eigenvalue weighted by Crippen LogP contribution is 2.36. The molecule has 0 aliphatic carbocycles. The van der Waals surface area contributed by atoms with E-state index in [4.69, 9.17) is 9.47 Å². The van der Waals surface area contributed by atoms with Crippen LogP contribution in [0.5, 0.6) is 11.6 Å². The molecule has 0 aliphatic rings. The summed E-state index contributed by atoms with van der Waals surface area (Å²) >= 11 is 1.44. The van der Waals surface area contributed by atoms with Crippen LogP contribution in [0, 0.1) is 4.91 Å². The molecule has 3 N–H and O–H groups in total. The van der Waals surface area contributed by atoms with Crippen LogP contribution in [-0.2, 0) is 5.54 Å². The Balaban J connectivity index is 1.36. The van der Waals surface area contributed by atoms with Crippen molar-refractivity contribution in [2.24, 2.45) is 5.18 Å². The van der Waals surface area contributed by atoms with E-state index >= 15 is 0 Å². The molecule has 1 heterocycles. The van der Waals surface area contributed by atoms with Gasteiger partial charge in [0.1, 0.15) is 17.0 Å². The first-order chi connectivity index (χ1) is 19.8. The minimum absolute atomic E-state index is 0.260. The molecule has 0 saturated heterocycles. The average Bonchev–Trinajstić information content (AvgIpc) is 3.02. The maximum absolute atomic E-state index is 12.3. The number of benzene rings is 3. The topological polar surface area (TPSA) is 114 Å². The predicted octanol–water partition coefficient (Wildman–Crippen LogP) is 6.73. The van der Waals surface area contributed by atoms with Crippen LogP contribution in [0.3, 0.4) is 0 Å². The van der Waals surface area contributed by atoms with Gasteiger partial charge in [-0.3, -0.25) is 4.79 Å². The largest absolute Gasteiger partial charge is 0.496 e. The normalized spacial score (nSPS) is 10.9. The summed E-state index contributed by atoms with van der Waals surface area (Å²) in [6.45, 7) is 4.57. The summed E-state index contributed by atoms with van der Waals surface area (Å²) in [7, 11) is 3.16. The Morgan fingerprint density at radius 1 is 0.878 bits per heavy atom. The summed E-state index contributed by atoms with van der Waals surface area (Å²) in [4.78, 5) is 28.7. The standard InChI is InChI=1S/C31H33N5O4S/c1-31(2,36-38)23-9-5-8-21(18-23)22-14-15-27(39-3)28(19-22)41-35-25-11-6-10-24(20-25)32-16-17-33-30(37)26-12-7-13-29(34-26)40-4/h5-15,18-20,32,35H,16-17H2,1-4H3,(H,33,37). The fourth-order valence-electron chi connectivity index (χ4n) is 4.00. The Morgan fingerprint density at radius 3 is 2.41 bits per heavy atom. The first kappa shape index (κ1) is 29.4. The molecule has 4 aromatic rings. The lowest BCUT2D eigenvalue weighted by atomic mass is 9.92. The Kier molecular flexibility index (Phi) is 9.81. The Morgan fingerprint density at radius 2 is 1.63 bits per heavy atom. The van der Waals surface area contributed by atoms with E-state index in [9.17, 15) is 9.70 Å². The van der Waals surface area contributed by atoms with E-state index in [0.717, 1.165) is 38.7 Å². The second-order valence-corrected chi connectivity index (χ2v) is 10.5. The van der Waals surface area contributed by atoms with Gasteiger partial charge in [-0.1, -0.05) is 41.6 Å². The highest BCUT2D eigenvalue weighted by molar-refractivity contribution is 8.00. The molecule has 0 unspecified atom stereocenters. The van der Waals surface area contributed by atoms with Crippen molar-refractivity contribution >= 4 is 29.2 Å². The van der Waals surface area contributed by atoms with Crippen molar-refractivity contribution < 1.29 is 14.3 Å². The molecule has 0 radical (unpaired) electrons. The minimum atomic E-state index is -0.806. The van der Waals surface area contributed by atoms with Gasteiger partial charge in [0, 0.05) is 30.5 Å². The van der Waals surface area contributed by atoms with Gasteiger partial charge >= 0.3 is 0 Å². The molecular weight excluding hydrogens is 538 g/mol. The van der Waals surface area contributed by atoms with Gasteiger partial charge in [-0.05, 0) is 85.0 Å². The number of anilines is 2. The van der Waals surface area contributed by atoms with Crippen molar-refractivity contribution in [1.29, 1.82) is 0 Å². The van der Waals surface area contributed by atoms with E-state index in [1.54, 1.807) is 39.2 Å². The summed E-state index contributed by atoms with van der Waals surface area (Å²) in [6, 6.07) is 26.8. The van der Waals surface area contributed by atoms with Gasteiger partial charge in [-0.25, -0.2) is 4.98 Å². The molecular formula is C31H33N5O4S. The van der Waals surface area contributed by atoms with Gasteiger partial charge in [-0.2, -0.15) is 0 Å². The van der Waals surface area contributed by atoms with Crippen LogP contribution < -0.4 is 24.8 Å². The summed E-state index contributed by atoms with van der Waals surface area (Å²) in [6.07, 6.45) is 0. The van der Waals surface area contributed by atoms with E-state index in [-0.39, 0.29) is 5.91 Å². The zero-order valence-corrected chi connectivity index (χ0v) is 24.2. The number of nitroso groups, excluding NO2 is 1. The predicted molar refractivity (Wildman–Crippen MR) is 165 cm³/mol. The molecule has 0 bridgehead atoms. The van der Waals surface area contributed by atoms with E-state index < -0.39 is 5.54 Å². The van der Waals surface area contributed by atoms with Crippen LogP contribution in [0.4, 0.5) is 11.4 Å². The maximum Gasteiger partial charge on any atom is 0.270 e. The molecule has 212 valence electrons. The van der Waals surface area contributed by atoms with E-state index in [2.05, 4.69) is 31.6 Å². The third-order valence-electron chi connectivity index (χ3n) is 6.34. The number of pyridine rings is 1. The van der Waals surface area contributed by atoms with Crippen LogP contribution in [0.1, 0.15) is 29.9 Å². The third kappa shape index (κ3) is 7.76. The zero-order valence-electron chi connectivity index (χ0n) is 23.4. The quantitative estimate of drug-likeness (QED) is 0.0920. The number of carbonyl (C=O) groups is 1. The number of nitrogens with one attached hydrogen (secondary N) is 3. The van der Waals surface area contributed by atoms with Crippen LogP contribution in [0.25, 0.3) is 11.1 Å². The molecule has 1 aromatic heterocycles. The summed E-state index contributed by atoms with van der Waals surface area (Å²) in [5, 5.41) is 9.45. The lowest BCUT2D eigenvalue weighted by Crippen LogP contribution is -2.29. The van der Waals surface area contributed by atoms with Gasteiger partial charge in [0.2, 0.25) is 5.88 Å². The molecule has 1 amide bonds. The second-order valence-electron chi connectivity index (χ2n) is 9.63. The molecule has 9 nitrogen and oxygen atoms in total. The number of aromatic nitrogens is 1. The SMILES string of the molecule is COc1cccc(C(=O)NCCNc2cccc(NSc3cc(-c4cccc(C(C)(C)N=O)c4)ccc3OC)c2)n1. The summed E-state index contributed by atoms with van der Waals surface area (Å²) < 4.78 is 14.1. The zero-order chi connectivity index (χ0) is 29.2. The van der Waals surface area contributed by atoms with Gasteiger partial charge in [0.25, 0.3) is 5.91 Å². The lowest BCUT2D eigenvalue weighted by molar-refractivity contribution is 0.0949. The molecule has 0 saturated carbocycles. The van der Waals surface area contributed by atoms with Gasteiger partial charge < -0.3 is 24.8 Å². The first-order valence-corrected chi connectivity index (χ1v) is 13.8. The Bertz CT molecular complexity index is 1510. The number of hydrogen-bond acceptors (Lipinski definition) is 9. The molecule has 0 spiro atoms. The van der Waals surface area contributed by atoms with E-state index in [1.165, 1.54) is 19.1 Å². The van der Waals surface area contributed by atoms with E-state index in [0.29, 0.717) is 24.7 Å². The molecule has 41 heavy (non-hydrogen) atoms. The van der Waals surface area contributed by atoms with Crippen molar-refractivity contribution in [1.82, 2.24) is 10.3 Å². The Hall–Kier alpha value is -4.57. The minimum Gasteiger partial charge on any atom is -0.496 e. The van der Waals surface area contributed by atoms with Gasteiger partial charge in [0.15, 0.2) is 0 Å². The fraction of sp³-hybridized carbons (Fsp3) is 0.226. The summed E-state index contributed by atoms with van der Waals surface area (Å²) in [5.74, 6) is 0.880.